The minimum Gasteiger partial charge on any atom is -0.480 e. The van der Waals surface area contributed by atoms with E-state index in [1.165, 1.54) is 4.90 Å². The fourth-order valence-electron chi connectivity index (χ4n) is 1.94. The van der Waals surface area contributed by atoms with Gasteiger partial charge in [0.15, 0.2) is 0 Å². The van der Waals surface area contributed by atoms with Crippen LogP contribution in [0.25, 0.3) is 0 Å². The van der Waals surface area contributed by atoms with Gasteiger partial charge in [0, 0.05) is 24.9 Å². The van der Waals surface area contributed by atoms with E-state index in [4.69, 9.17) is 5.11 Å². The van der Waals surface area contributed by atoms with Gasteiger partial charge in [0.05, 0.1) is 0 Å². The number of urea groups is 1. The van der Waals surface area contributed by atoms with E-state index >= 15 is 0 Å². The van der Waals surface area contributed by atoms with Crippen molar-refractivity contribution < 1.29 is 14.7 Å². The van der Waals surface area contributed by atoms with E-state index in [-0.39, 0.29) is 24.7 Å². The van der Waals surface area contributed by atoms with E-state index in [0.717, 1.165) is 25.0 Å². The fraction of sp³-hybridized carbons (Fsp3) is 0.833. The zero-order chi connectivity index (χ0) is 13.7. The number of hydrogen-bond donors (Lipinski definition) is 1. The number of aliphatic carboxylic acids is 1. The minimum absolute atomic E-state index is 0.128. The zero-order valence-electron chi connectivity index (χ0n) is 11.3. The second kappa shape index (κ2) is 6.87. The number of rotatable bonds is 7. The maximum Gasteiger partial charge on any atom is 0.323 e. The van der Waals surface area contributed by atoms with Crippen LogP contribution in [0.15, 0.2) is 0 Å². The van der Waals surface area contributed by atoms with E-state index in [9.17, 15) is 9.59 Å². The summed E-state index contributed by atoms with van der Waals surface area (Å²) in [5.74, 6) is -0.0637. The molecule has 0 aromatic rings. The molecule has 0 aliphatic heterocycles. The summed E-state index contributed by atoms with van der Waals surface area (Å²) in [6.07, 6.45) is 4.74. The Kier molecular flexibility index (Phi) is 5.78. The molecular formula is C12H22N2O3S. The van der Waals surface area contributed by atoms with Gasteiger partial charge in [-0.1, -0.05) is 6.92 Å². The maximum atomic E-state index is 12.3. The van der Waals surface area contributed by atoms with Gasteiger partial charge in [-0.25, -0.2) is 4.79 Å². The van der Waals surface area contributed by atoms with Crippen LogP contribution in [0.4, 0.5) is 4.79 Å². The molecule has 1 atom stereocenters. The van der Waals surface area contributed by atoms with Gasteiger partial charge in [0.2, 0.25) is 0 Å². The Morgan fingerprint density at radius 3 is 2.44 bits per heavy atom. The number of carboxylic acid groups (broad SMARTS) is 1. The lowest BCUT2D eigenvalue weighted by Gasteiger charge is -2.32. The van der Waals surface area contributed by atoms with Crippen LogP contribution in [-0.2, 0) is 4.79 Å². The van der Waals surface area contributed by atoms with Crippen molar-refractivity contribution in [2.45, 2.75) is 38.3 Å². The van der Waals surface area contributed by atoms with Crippen LogP contribution < -0.4 is 0 Å². The summed E-state index contributed by atoms with van der Waals surface area (Å²) in [5.41, 5.74) is 0. The van der Waals surface area contributed by atoms with Gasteiger partial charge in [0.1, 0.15) is 6.54 Å². The Bertz CT molecular complexity index is 308. The van der Waals surface area contributed by atoms with Crippen molar-refractivity contribution >= 4 is 23.8 Å². The van der Waals surface area contributed by atoms with Crippen LogP contribution in [-0.4, -0.2) is 64.6 Å². The molecule has 1 fully saturated rings. The number of carbonyl (C=O) groups is 2. The van der Waals surface area contributed by atoms with Gasteiger partial charge in [-0.2, -0.15) is 11.8 Å². The summed E-state index contributed by atoms with van der Waals surface area (Å²) in [6, 6.07) is 0.145. The Morgan fingerprint density at radius 2 is 2.06 bits per heavy atom. The molecule has 0 bridgehead atoms. The normalized spacial score (nSPS) is 16.2. The average Bonchev–Trinajstić information content (AvgIpc) is 3.15. The van der Waals surface area contributed by atoms with Crippen LogP contribution in [0.5, 0.6) is 0 Å². The van der Waals surface area contributed by atoms with Gasteiger partial charge in [0.25, 0.3) is 0 Å². The number of thioether (sulfide) groups is 1. The Labute approximate surface area is 113 Å². The first-order valence-corrected chi connectivity index (χ1v) is 7.64. The summed E-state index contributed by atoms with van der Waals surface area (Å²) >= 11 is 1.70. The average molecular weight is 274 g/mol. The molecule has 6 heteroatoms. The Morgan fingerprint density at radius 1 is 1.44 bits per heavy atom. The maximum absolute atomic E-state index is 12.3. The van der Waals surface area contributed by atoms with E-state index in [1.54, 1.807) is 23.7 Å². The molecule has 0 aromatic carbocycles. The highest BCUT2D eigenvalue weighted by atomic mass is 32.2. The molecule has 1 unspecified atom stereocenters. The highest BCUT2D eigenvalue weighted by Gasteiger charge is 2.36. The van der Waals surface area contributed by atoms with Crippen molar-refractivity contribution in [3.63, 3.8) is 0 Å². The van der Waals surface area contributed by atoms with E-state index in [0.29, 0.717) is 0 Å². The molecule has 0 heterocycles. The SMILES string of the molecule is CCC(CSC)N(C)C(=O)N(CC(=O)O)C1CC1. The largest absolute Gasteiger partial charge is 0.480 e. The minimum atomic E-state index is -0.943. The molecule has 1 rings (SSSR count). The molecule has 1 saturated carbocycles. The van der Waals surface area contributed by atoms with Gasteiger partial charge in [-0.05, 0) is 25.5 Å². The second-order valence-corrected chi connectivity index (χ2v) is 5.57. The third-order valence-corrected chi connectivity index (χ3v) is 3.94. The Hall–Kier alpha value is -0.910. The predicted molar refractivity (Wildman–Crippen MR) is 73.0 cm³/mol. The zero-order valence-corrected chi connectivity index (χ0v) is 12.1. The third kappa shape index (κ3) is 4.08. The molecule has 104 valence electrons. The van der Waals surface area contributed by atoms with Crippen molar-refractivity contribution in [2.24, 2.45) is 0 Å². The quantitative estimate of drug-likeness (QED) is 0.768. The molecule has 5 nitrogen and oxygen atoms in total. The molecule has 1 N–H and O–H groups in total. The molecule has 0 radical (unpaired) electrons. The molecule has 2 amide bonds. The smallest absolute Gasteiger partial charge is 0.323 e. The molecule has 18 heavy (non-hydrogen) atoms. The van der Waals surface area contributed by atoms with Crippen molar-refractivity contribution in [2.75, 3.05) is 25.6 Å². The van der Waals surface area contributed by atoms with Crippen LogP contribution in [0.1, 0.15) is 26.2 Å². The lowest BCUT2D eigenvalue weighted by atomic mass is 10.2. The van der Waals surface area contributed by atoms with Crippen LogP contribution in [0.2, 0.25) is 0 Å². The summed E-state index contributed by atoms with van der Waals surface area (Å²) in [4.78, 5) is 26.3. The second-order valence-electron chi connectivity index (χ2n) is 4.66. The molecule has 1 aliphatic carbocycles. The molecule has 0 spiro atoms. The van der Waals surface area contributed by atoms with Crippen molar-refractivity contribution in [3.8, 4) is 0 Å². The first-order valence-electron chi connectivity index (χ1n) is 6.25. The van der Waals surface area contributed by atoms with E-state index < -0.39 is 5.97 Å². The number of carboxylic acids is 1. The fourth-order valence-corrected chi connectivity index (χ4v) is 2.78. The van der Waals surface area contributed by atoms with Crippen LogP contribution >= 0.6 is 11.8 Å². The lowest BCUT2D eigenvalue weighted by molar-refractivity contribution is -0.137. The number of amides is 2. The van der Waals surface area contributed by atoms with Crippen molar-refractivity contribution in [1.29, 1.82) is 0 Å². The third-order valence-electron chi connectivity index (χ3n) is 3.22. The van der Waals surface area contributed by atoms with E-state index in [2.05, 4.69) is 0 Å². The Balaban J connectivity index is 2.65. The summed E-state index contributed by atoms with van der Waals surface area (Å²) in [5, 5.41) is 8.87. The van der Waals surface area contributed by atoms with Crippen molar-refractivity contribution in [1.82, 2.24) is 9.80 Å². The predicted octanol–water partition coefficient (Wildman–Crippen LogP) is 1.73. The van der Waals surface area contributed by atoms with Crippen LogP contribution in [0, 0.1) is 0 Å². The topological polar surface area (TPSA) is 60.9 Å². The highest BCUT2D eigenvalue weighted by Crippen LogP contribution is 2.28. The molecule has 0 aromatic heterocycles. The van der Waals surface area contributed by atoms with Gasteiger partial charge >= 0.3 is 12.0 Å². The molecule has 1 aliphatic rings. The first kappa shape index (κ1) is 15.1. The number of carbonyl (C=O) groups excluding carboxylic acids is 1. The highest BCUT2D eigenvalue weighted by molar-refractivity contribution is 7.98. The van der Waals surface area contributed by atoms with Crippen LogP contribution in [0.3, 0.4) is 0 Å². The van der Waals surface area contributed by atoms with E-state index in [1.807, 2.05) is 13.2 Å². The lowest BCUT2D eigenvalue weighted by Crippen LogP contribution is -2.49. The number of nitrogens with zero attached hydrogens (tertiary/aromatic N) is 2. The first-order chi connectivity index (χ1) is 8.51. The molecule has 0 saturated heterocycles. The summed E-state index contributed by atoms with van der Waals surface area (Å²) < 4.78 is 0. The molecular weight excluding hydrogens is 252 g/mol. The van der Waals surface area contributed by atoms with Gasteiger partial charge < -0.3 is 14.9 Å². The summed E-state index contributed by atoms with van der Waals surface area (Å²) in [6.45, 7) is 1.85. The van der Waals surface area contributed by atoms with Gasteiger partial charge in [-0.3, -0.25) is 4.79 Å². The monoisotopic (exact) mass is 274 g/mol. The van der Waals surface area contributed by atoms with Crippen molar-refractivity contribution in [3.05, 3.63) is 0 Å². The summed E-state index contributed by atoms with van der Waals surface area (Å²) in [7, 11) is 1.77. The number of hydrogen-bond acceptors (Lipinski definition) is 3. The standard InChI is InChI=1S/C12H22N2O3S/c1-4-9(8-18-3)13(2)12(17)14(7-11(15)16)10-5-6-10/h9-10H,4-8H2,1-3H3,(H,15,16). The van der Waals surface area contributed by atoms with Gasteiger partial charge in [-0.15, -0.1) is 0 Å².